The molecule has 102 valence electrons. The van der Waals surface area contributed by atoms with Crippen molar-refractivity contribution in [3.8, 4) is 0 Å². The second-order valence-corrected chi connectivity index (χ2v) is 6.59. The van der Waals surface area contributed by atoms with E-state index in [9.17, 15) is 0 Å². The number of hydrogen-bond acceptors (Lipinski definition) is 1. The van der Waals surface area contributed by atoms with Crippen molar-refractivity contribution >= 4 is 23.0 Å². The molecule has 3 atom stereocenters. The first-order valence-corrected chi connectivity index (χ1v) is 7.67. The fourth-order valence-electron chi connectivity index (χ4n) is 3.58. The Morgan fingerprint density at radius 1 is 1.16 bits per heavy atom. The topological polar surface area (TPSA) is 24.1 Å². The molecule has 2 fully saturated rings. The maximum absolute atomic E-state index is 5.44. The Labute approximate surface area is 121 Å². The second kappa shape index (κ2) is 5.12. The summed E-state index contributed by atoms with van der Waals surface area (Å²) in [7, 11) is 0. The smallest absolute Gasteiger partial charge is 0.171 e. The SMILES string of the molecule is Cc1ccc(NC(=S)N[C@H]2C[C@@H]3CC[C@@H]2C3)cc1C. The molecule has 0 spiro atoms. The number of rotatable bonds is 2. The van der Waals surface area contributed by atoms with Crippen LogP contribution in [0.4, 0.5) is 5.69 Å². The average Bonchev–Trinajstić information content (AvgIpc) is 2.96. The van der Waals surface area contributed by atoms with Gasteiger partial charge in [0.2, 0.25) is 0 Å². The van der Waals surface area contributed by atoms with Gasteiger partial charge in [0, 0.05) is 11.7 Å². The highest BCUT2D eigenvalue weighted by Gasteiger charge is 2.39. The molecule has 2 bridgehead atoms. The highest BCUT2D eigenvalue weighted by molar-refractivity contribution is 7.80. The number of thiocarbonyl (C=S) groups is 1. The number of aryl methyl sites for hydroxylation is 2. The van der Waals surface area contributed by atoms with Crippen molar-refractivity contribution in [3.63, 3.8) is 0 Å². The van der Waals surface area contributed by atoms with E-state index in [4.69, 9.17) is 12.2 Å². The molecule has 2 aliphatic carbocycles. The van der Waals surface area contributed by atoms with Crippen molar-refractivity contribution in [2.45, 2.75) is 45.6 Å². The monoisotopic (exact) mass is 274 g/mol. The Hall–Kier alpha value is -1.09. The molecule has 0 saturated heterocycles. The molecule has 0 amide bonds. The first-order chi connectivity index (χ1) is 9.11. The van der Waals surface area contributed by atoms with E-state index in [1.54, 1.807) is 0 Å². The first-order valence-electron chi connectivity index (χ1n) is 7.26. The average molecular weight is 274 g/mol. The summed E-state index contributed by atoms with van der Waals surface area (Å²) in [5.41, 5.74) is 3.70. The standard InChI is InChI=1S/C16H22N2S/c1-10-3-6-14(7-11(10)2)17-16(19)18-15-9-12-4-5-13(15)8-12/h3,6-7,12-13,15H,4-5,8-9H2,1-2H3,(H2,17,18,19)/t12-,13-,15+/m1/s1. The van der Waals surface area contributed by atoms with Gasteiger partial charge in [-0.1, -0.05) is 12.5 Å². The summed E-state index contributed by atoms with van der Waals surface area (Å²) in [6, 6.07) is 6.99. The van der Waals surface area contributed by atoms with Gasteiger partial charge in [0.1, 0.15) is 0 Å². The Bertz CT molecular complexity index is 498. The van der Waals surface area contributed by atoms with Crippen molar-refractivity contribution in [1.29, 1.82) is 0 Å². The van der Waals surface area contributed by atoms with Gasteiger partial charge in [-0.15, -0.1) is 0 Å². The van der Waals surface area contributed by atoms with Crippen molar-refractivity contribution < 1.29 is 0 Å². The normalized spacial score (nSPS) is 28.4. The van der Waals surface area contributed by atoms with Crippen LogP contribution in [0, 0.1) is 25.7 Å². The van der Waals surface area contributed by atoms with Crippen LogP contribution >= 0.6 is 12.2 Å². The molecule has 3 rings (SSSR count). The lowest BCUT2D eigenvalue weighted by atomic mass is 9.95. The summed E-state index contributed by atoms with van der Waals surface area (Å²) in [6.45, 7) is 4.26. The molecular weight excluding hydrogens is 252 g/mol. The van der Waals surface area contributed by atoms with Crippen LogP contribution in [0.5, 0.6) is 0 Å². The zero-order valence-corrected chi connectivity index (χ0v) is 12.5. The lowest BCUT2D eigenvalue weighted by molar-refractivity contribution is 0.392. The molecular formula is C16H22N2S. The predicted molar refractivity (Wildman–Crippen MR) is 84.5 cm³/mol. The van der Waals surface area contributed by atoms with Crippen LogP contribution in [0.2, 0.25) is 0 Å². The zero-order chi connectivity index (χ0) is 13.4. The van der Waals surface area contributed by atoms with Gasteiger partial charge in [0.15, 0.2) is 5.11 Å². The third-order valence-electron chi connectivity index (χ3n) is 4.82. The maximum Gasteiger partial charge on any atom is 0.171 e. The van der Waals surface area contributed by atoms with Gasteiger partial charge in [-0.2, -0.15) is 0 Å². The predicted octanol–water partition coefficient (Wildman–Crippen LogP) is 3.78. The maximum atomic E-state index is 5.44. The largest absolute Gasteiger partial charge is 0.359 e. The van der Waals surface area contributed by atoms with Crippen LogP contribution in [0.25, 0.3) is 0 Å². The van der Waals surface area contributed by atoms with Gasteiger partial charge in [0.25, 0.3) is 0 Å². The third-order valence-corrected chi connectivity index (χ3v) is 5.04. The summed E-state index contributed by atoms with van der Waals surface area (Å²) in [4.78, 5) is 0. The number of anilines is 1. The van der Waals surface area contributed by atoms with Crippen molar-refractivity contribution in [1.82, 2.24) is 5.32 Å². The minimum absolute atomic E-state index is 0.602. The van der Waals surface area contributed by atoms with Crippen LogP contribution in [0.15, 0.2) is 18.2 Å². The highest BCUT2D eigenvalue weighted by atomic mass is 32.1. The molecule has 0 unspecified atom stereocenters. The van der Waals surface area contributed by atoms with Crippen molar-refractivity contribution in [2.24, 2.45) is 11.8 Å². The van der Waals surface area contributed by atoms with E-state index in [0.29, 0.717) is 6.04 Å². The lowest BCUT2D eigenvalue weighted by Crippen LogP contribution is -2.40. The Balaban J connectivity index is 1.57. The molecule has 1 aromatic rings. The van der Waals surface area contributed by atoms with Gasteiger partial charge in [-0.25, -0.2) is 0 Å². The summed E-state index contributed by atoms with van der Waals surface area (Å²) in [6.07, 6.45) is 5.53. The molecule has 0 aromatic heterocycles. The van der Waals surface area contributed by atoms with E-state index < -0.39 is 0 Å². The Morgan fingerprint density at radius 2 is 2.00 bits per heavy atom. The molecule has 0 aliphatic heterocycles. The van der Waals surface area contributed by atoms with Crippen LogP contribution < -0.4 is 10.6 Å². The summed E-state index contributed by atoms with van der Waals surface area (Å²) in [5, 5.41) is 7.61. The fraction of sp³-hybridized carbons (Fsp3) is 0.562. The lowest BCUT2D eigenvalue weighted by Gasteiger charge is -2.24. The molecule has 2 N–H and O–H groups in total. The van der Waals surface area contributed by atoms with E-state index in [1.807, 2.05) is 0 Å². The molecule has 19 heavy (non-hydrogen) atoms. The number of hydrogen-bond donors (Lipinski definition) is 2. The van der Waals surface area contributed by atoms with Crippen LogP contribution in [0.1, 0.15) is 36.8 Å². The Morgan fingerprint density at radius 3 is 2.63 bits per heavy atom. The van der Waals surface area contributed by atoms with Gasteiger partial charge in [0.05, 0.1) is 0 Å². The number of fused-ring (bicyclic) bond motifs is 2. The Kier molecular flexibility index (Phi) is 3.48. The quantitative estimate of drug-likeness (QED) is 0.803. The summed E-state index contributed by atoms with van der Waals surface area (Å²) in [5.74, 6) is 1.80. The molecule has 0 radical (unpaired) electrons. The minimum atomic E-state index is 0.602. The van der Waals surface area contributed by atoms with E-state index in [1.165, 1.54) is 36.8 Å². The van der Waals surface area contributed by atoms with Gasteiger partial charge < -0.3 is 10.6 Å². The van der Waals surface area contributed by atoms with Gasteiger partial charge >= 0.3 is 0 Å². The molecule has 1 aromatic carbocycles. The number of nitrogens with one attached hydrogen (secondary N) is 2. The molecule has 2 nitrogen and oxygen atoms in total. The van der Waals surface area contributed by atoms with E-state index in [2.05, 4.69) is 42.7 Å². The molecule has 2 aliphatic rings. The molecule has 3 heteroatoms. The third kappa shape index (κ3) is 2.76. The molecule has 0 heterocycles. The summed E-state index contributed by atoms with van der Waals surface area (Å²) < 4.78 is 0. The fourth-order valence-corrected chi connectivity index (χ4v) is 3.85. The van der Waals surface area contributed by atoms with Crippen LogP contribution in [-0.2, 0) is 0 Å². The van der Waals surface area contributed by atoms with Gasteiger partial charge in [-0.3, -0.25) is 0 Å². The minimum Gasteiger partial charge on any atom is -0.359 e. The summed E-state index contributed by atoms with van der Waals surface area (Å²) >= 11 is 5.44. The van der Waals surface area contributed by atoms with E-state index in [0.717, 1.165) is 22.6 Å². The number of benzene rings is 1. The van der Waals surface area contributed by atoms with Crippen LogP contribution in [-0.4, -0.2) is 11.2 Å². The highest BCUT2D eigenvalue weighted by Crippen LogP contribution is 2.44. The van der Waals surface area contributed by atoms with Crippen LogP contribution in [0.3, 0.4) is 0 Å². The zero-order valence-electron chi connectivity index (χ0n) is 11.7. The van der Waals surface area contributed by atoms with Crippen molar-refractivity contribution in [2.75, 3.05) is 5.32 Å². The first kappa shape index (κ1) is 12.9. The van der Waals surface area contributed by atoms with Gasteiger partial charge in [-0.05, 0) is 80.4 Å². The van der Waals surface area contributed by atoms with Crippen molar-refractivity contribution in [3.05, 3.63) is 29.3 Å². The second-order valence-electron chi connectivity index (χ2n) is 6.18. The molecule has 2 saturated carbocycles. The van der Waals surface area contributed by atoms with E-state index in [-0.39, 0.29) is 0 Å². The van der Waals surface area contributed by atoms with E-state index >= 15 is 0 Å².